The quantitative estimate of drug-likeness (QED) is 0.147. The summed E-state index contributed by atoms with van der Waals surface area (Å²) in [6.45, 7) is 15.4. The van der Waals surface area contributed by atoms with Crippen LogP contribution in [-0.4, -0.2) is 121 Å². The van der Waals surface area contributed by atoms with Crippen molar-refractivity contribution in [2.24, 2.45) is 23.7 Å². The number of carboxylic acids is 1. The monoisotopic (exact) mass is 745 g/mol. The molecule has 1 aliphatic rings. The van der Waals surface area contributed by atoms with Gasteiger partial charge in [0.15, 0.2) is 0 Å². The van der Waals surface area contributed by atoms with Gasteiger partial charge in [0, 0.05) is 33.7 Å². The Labute approximate surface area is 317 Å². The maximum atomic E-state index is 14.3. The molecule has 0 spiro atoms. The molecule has 1 saturated heterocycles. The van der Waals surface area contributed by atoms with Crippen LogP contribution < -0.4 is 16.0 Å². The molecular formula is C40H67N5O8. The van der Waals surface area contributed by atoms with Crippen molar-refractivity contribution in [3.63, 3.8) is 0 Å². The van der Waals surface area contributed by atoms with Gasteiger partial charge in [0.1, 0.15) is 12.1 Å². The smallest absolute Gasteiger partial charge is 0.326 e. The predicted molar refractivity (Wildman–Crippen MR) is 205 cm³/mol. The van der Waals surface area contributed by atoms with Crippen molar-refractivity contribution in [3.05, 3.63) is 35.9 Å². The molecule has 13 nitrogen and oxygen atoms in total. The van der Waals surface area contributed by atoms with Gasteiger partial charge in [0.2, 0.25) is 23.6 Å². The zero-order valence-electron chi connectivity index (χ0n) is 34.0. The molecule has 0 bridgehead atoms. The number of aliphatic carboxylic acids is 1. The van der Waals surface area contributed by atoms with Gasteiger partial charge >= 0.3 is 5.97 Å². The molecule has 4 N–H and O–H groups in total. The summed E-state index contributed by atoms with van der Waals surface area (Å²) >= 11 is 0. The second-order valence-corrected chi connectivity index (χ2v) is 15.4. The summed E-state index contributed by atoms with van der Waals surface area (Å²) in [4.78, 5) is 70.8. The number of hydrogen-bond donors (Lipinski definition) is 4. The Kier molecular flexibility index (Phi) is 18.4. The average Bonchev–Trinajstić information content (AvgIpc) is 3.50. The highest BCUT2D eigenvalue weighted by Crippen LogP contribution is 2.33. The molecule has 2 rings (SSSR count). The Balaban J connectivity index is 2.31. The Bertz CT molecular complexity index is 1340. The van der Waals surface area contributed by atoms with Crippen LogP contribution in [-0.2, 0) is 39.9 Å². The van der Waals surface area contributed by atoms with E-state index in [4.69, 9.17) is 9.47 Å². The molecule has 0 aliphatic carbocycles. The van der Waals surface area contributed by atoms with Gasteiger partial charge in [-0.2, -0.15) is 0 Å². The summed E-state index contributed by atoms with van der Waals surface area (Å²) in [5.41, 5.74) is 0.784. The number of carbonyl (C=O) groups is 5. The fourth-order valence-electron chi connectivity index (χ4n) is 7.72. The first-order valence-corrected chi connectivity index (χ1v) is 19.1. The molecule has 1 aromatic carbocycles. The Morgan fingerprint density at radius 1 is 0.906 bits per heavy atom. The van der Waals surface area contributed by atoms with Crippen molar-refractivity contribution in [1.29, 1.82) is 0 Å². The number of amides is 4. The highest BCUT2D eigenvalue weighted by Gasteiger charge is 2.45. The van der Waals surface area contributed by atoms with Crippen molar-refractivity contribution in [3.8, 4) is 0 Å². The molecule has 1 heterocycles. The maximum absolute atomic E-state index is 14.3. The third-order valence-corrected chi connectivity index (χ3v) is 11.0. The molecule has 300 valence electrons. The molecule has 10 atom stereocenters. The minimum absolute atomic E-state index is 0.0190. The van der Waals surface area contributed by atoms with Gasteiger partial charge in [-0.15, -0.1) is 0 Å². The molecule has 0 saturated carbocycles. The zero-order chi connectivity index (χ0) is 40.2. The molecule has 1 fully saturated rings. The molecule has 4 amide bonds. The predicted octanol–water partition coefficient (Wildman–Crippen LogP) is 3.49. The van der Waals surface area contributed by atoms with E-state index in [1.807, 2.05) is 78.8 Å². The van der Waals surface area contributed by atoms with Gasteiger partial charge in [-0.3, -0.25) is 19.2 Å². The third-order valence-electron chi connectivity index (χ3n) is 11.0. The number of benzene rings is 1. The average molecular weight is 746 g/mol. The van der Waals surface area contributed by atoms with Crippen molar-refractivity contribution >= 4 is 29.6 Å². The van der Waals surface area contributed by atoms with E-state index in [9.17, 15) is 29.1 Å². The summed E-state index contributed by atoms with van der Waals surface area (Å²) in [7, 11) is 6.47. The molecule has 53 heavy (non-hydrogen) atoms. The summed E-state index contributed by atoms with van der Waals surface area (Å²) in [6.07, 6.45) is 0.748. The van der Waals surface area contributed by atoms with Crippen LogP contribution in [0.4, 0.5) is 0 Å². The highest BCUT2D eigenvalue weighted by atomic mass is 16.5. The van der Waals surface area contributed by atoms with E-state index in [0.717, 1.165) is 5.56 Å². The van der Waals surface area contributed by atoms with E-state index in [0.29, 0.717) is 19.3 Å². The molecular weight excluding hydrogens is 678 g/mol. The Hall–Kier alpha value is -3.55. The number of methoxy groups -OCH3 is 2. The van der Waals surface area contributed by atoms with Crippen LogP contribution >= 0.6 is 0 Å². The van der Waals surface area contributed by atoms with E-state index in [1.54, 1.807) is 30.8 Å². The van der Waals surface area contributed by atoms with Gasteiger partial charge in [0.25, 0.3) is 0 Å². The van der Waals surface area contributed by atoms with Crippen molar-refractivity contribution < 1.29 is 38.6 Å². The first kappa shape index (κ1) is 45.6. The highest BCUT2D eigenvalue weighted by molar-refractivity contribution is 5.90. The normalized spacial score (nSPS) is 20.5. The van der Waals surface area contributed by atoms with Crippen LogP contribution in [0.25, 0.3) is 0 Å². The summed E-state index contributed by atoms with van der Waals surface area (Å²) in [6, 6.07) is 5.65. The molecule has 1 aliphatic heterocycles. The number of hydrogen-bond acceptors (Lipinski definition) is 8. The van der Waals surface area contributed by atoms with E-state index in [2.05, 4.69) is 16.0 Å². The lowest BCUT2D eigenvalue weighted by molar-refractivity contribution is -0.149. The number of likely N-dealkylation sites (N-methyl/N-ethyl adjacent to an activating group) is 2. The lowest BCUT2D eigenvalue weighted by Gasteiger charge is -2.41. The number of rotatable bonds is 21. The van der Waals surface area contributed by atoms with E-state index in [1.165, 1.54) is 14.2 Å². The van der Waals surface area contributed by atoms with Crippen molar-refractivity contribution in [2.75, 3.05) is 28.3 Å². The lowest BCUT2D eigenvalue weighted by atomic mass is 9.89. The second-order valence-electron chi connectivity index (χ2n) is 15.4. The molecule has 13 heteroatoms. The van der Waals surface area contributed by atoms with Crippen LogP contribution in [0.1, 0.15) is 86.6 Å². The zero-order valence-corrected chi connectivity index (χ0v) is 34.0. The van der Waals surface area contributed by atoms with Crippen molar-refractivity contribution in [2.45, 2.75) is 136 Å². The lowest BCUT2D eigenvalue weighted by Crippen LogP contribution is -2.59. The van der Waals surface area contributed by atoms with Gasteiger partial charge in [0.05, 0.1) is 42.7 Å². The molecule has 3 unspecified atom stereocenters. The number of carbonyl (C=O) groups excluding carboxylic acids is 4. The summed E-state index contributed by atoms with van der Waals surface area (Å²) < 4.78 is 11.9. The van der Waals surface area contributed by atoms with Gasteiger partial charge < -0.3 is 40.3 Å². The van der Waals surface area contributed by atoms with Crippen molar-refractivity contribution in [1.82, 2.24) is 25.8 Å². The largest absolute Gasteiger partial charge is 0.480 e. The van der Waals surface area contributed by atoms with E-state index >= 15 is 0 Å². The number of carboxylic acid groups (broad SMARTS) is 1. The standard InChI is InChI=1S/C40H67N5O8/c1-13-25(6)35(44(10)39(49)34(24(4)5)43-38(48)33(41-9)23(2)3)31(52-11)22-32(46)45-26(7)19-20-30(45)36(53-12)27(8)37(47)42-29(40(50)51)21-28-17-15-14-16-18-28/h14-18,23-27,29-31,33-36,41H,13,19-22H2,1-12H3,(H,42,47)(H,43,48)(H,50,51)/t25-,26-,27+,29?,30-,31+,33?,34?,35-,36+/m0/s1. The van der Waals surface area contributed by atoms with E-state index < -0.39 is 60.2 Å². The molecule has 1 aromatic rings. The number of ether oxygens (including phenoxy) is 2. The first-order valence-electron chi connectivity index (χ1n) is 19.1. The van der Waals surface area contributed by atoms with Gasteiger partial charge in [-0.1, -0.05) is 85.2 Å². The number of nitrogens with zero attached hydrogens (tertiary/aromatic N) is 2. The first-order chi connectivity index (χ1) is 24.9. The van der Waals surface area contributed by atoms with Crippen LogP contribution in [0, 0.1) is 23.7 Å². The third kappa shape index (κ3) is 12.0. The van der Waals surface area contributed by atoms with Gasteiger partial charge in [-0.25, -0.2) is 4.79 Å². The van der Waals surface area contributed by atoms with Crippen LogP contribution in [0.2, 0.25) is 0 Å². The van der Waals surface area contributed by atoms with Gasteiger partial charge in [-0.05, 0) is 50.1 Å². The number of nitrogens with one attached hydrogen (secondary N) is 3. The summed E-state index contributed by atoms with van der Waals surface area (Å²) in [5, 5.41) is 18.6. The Morgan fingerprint density at radius 3 is 2.00 bits per heavy atom. The topological polar surface area (TPSA) is 167 Å². The Morgan fingerprint density at radius 2 is 1.51 bits per heavy atom. The minimum atomic E-state index is -1.14. The molecule has 0 aromatic heterocycles. The summed E-state index contributed by atoms with van der Waals surface area (Å²) in [5.74, 6) is -3.30. The van der Waals surface area contributed by atoms with Crippen LogP contribution in [0.5, 0.6) is 0 Å². The van der Waals surface area contributed by atoms with E-state index in [-0.39, 0.29) is 54.4 Å². The maximum Gasteiger partial charge on any atom is 0.326 e. The minimum Gasteiger partial charge on any atom is -0.480 e. The molecule has 0 radical (unpaired) electrons. The fraction of sp³-hybridized carbons (Fsp3) is 0.725. The fourth-order valence-corrected chi connectivity index (χ4v) is 7.72. The second kappa shape index (κ2) is 21.4. The SMILES string of the molecule is CC[C@H](C)[C@@H]([C@@H](CC(=O)N1[C@@H](C)CC[C@H]1[C@H](OC)[C@@H](C)C(=O)NC(Cc1ccccc1)C(=O)O)OC)N(C)C(=O)C(NC(=O)C(NC)C(C)C)C(C)C. The van der Waals surface area contributed by atoms with Crippen LogP contribution in [0.3, 0.4) is 0 Å². The number of likely N-dealkylation sites (tertiary alicyclic amines) is 1. The van der Waals surface area contributed by atoms with Crippen LogP contribution in [0.15, 0.2) is 30.3 Å².